The minimum atomic E-state index is -0.534. The molecule has 0 spiro atoms. The van der Waals surface area contributed by atoms with Crippen LogP contribution < -0.4 is 5.32 Å². The van der Waals surface area contributed by atoms with Gasteiger partial charge in [0.15, 0.2) is 0 Å². The number of hydrogen-bond acceptors (Lipinski definition) is 4. The molecule has 1 N–H and O–H groups in total. The van der Waals surface area contributed by atoms with Crippen LogP contribution in [-0.4, -0.2) is 11.5 Å². The van der Waals surface area contributed by atoms with Crippen molar-refractivity contribution in [2.24, 2.45) is 5.41 Å². The number of nitrogens with one attached hydrogen (secondary N) is 1. The van der Waals surface area contributed by atoms with Gasteiger partial charge in [0.1, 0.15) is 11.6 Å². The molecule has 0 fully saturated rings. The smallest absolute Gasteiger partial charge is 0.289 e. The van der Waals surface area contributed by atoms with Gasteiger partial charge in [0.2, 0.25) is 0 Å². The SMILES string of the molecule is CC(C)(C)CCNc1ccc(C#N)c([N+](=O)[O-])c1. The van der Waals surface area contributed by atoms with E-state index in [1.165, 1.54) is 12.1 Å². The first-order valence-corrected chi connectivity index (χ1v) is 5.76. The lowest BCUT2D eigenvalue weighted by Gasteiger charge is -2.18. The highest BCUT2D eigenvalue weighted by Crippen LogP contribution is 2.23. The van der Waals surface area contributed by atoms with Crippen molar-refractivity contribution in [1.82, 2.24) is 0 Å². The minimum absolute atomic E-state index is 0.0846. The quantitative estimate of drug-likeness (QED) is 0.653. The first kappa shape index (κ1) is 14.0. The Morgan fingerprint density at radius 1 is 1.44 bits per heavy atom. The number of nitro groups is 1. The van der Waals surface area contributed by atoms with Gasteiger partial charge in [-0.25, -0.2) is 0 Å². The van der Waals surface area contributed by atoms with Crippen LogP contribution >= 0.6 is 0 Å². The van der Waals surface area contributed by atoms with Gasteiger partial charge in [-0.2, -0.15) is 5.26 Å². The molecule has 0 aliphatic heterocycles. The molecule has 0 aliphatic carbocycles. The Hall–Kier alpha value is -2.09. The van der Waals surface area contributed by atoms with E-state index in [2.05, 4.69) is 26.1 Å². The van der Waals surface area contributed by atoms with Crippen LogP contribution in [0.1, 0.15) is 32.8 Å². The molecule has 0 saturated carbocycles. The Morgan fingerprint density at radius 2 is 2.11 bits per heavy atom. The summed E-state index contributed by atoms with van der Waals surface area (Å²) in [6.07, 6.45) is 0.959. The molecule has 0 aliphatic rings. The van der Waals surface area contributed by atoms with Crippen molar-refractivity contribution in [3.8, 4) is 6.07 Å². The Kier molecular flexibility index (Phi) is 4.27. The van der Waals surface area contributed by atoms with Gasteiger partial charge in [-0.1, -0.05) is 20.8 Å². The molecule has 0 aromatic heterocycles. The van der Waals surface area contributed by atoms with Crippen molar-refractivity contribution in [3.63, 3.8) is 0 Å². The highest BCUT2D eigenvalue weighted by atomic mass is 16.6. The molecule has 0 unspecified atom stereocenters. The van der Waals surface area contributed by atoms with Crippen LogP contribution in [0, 0.1) is 26.9 Å². The fourth-order valence-corrected chi connectivity index (χ4v) is 1.47. The molecule has 96 valence electrons. The normalized spacial score (nSPS) is 10.8. The van der Waals surface area contributed by atoms with Crippen LogP contribution in [0.25, 0.3) is 0 Å². The van der Waals surface area contributed by atoms with Crippen LogP contribution in [-0.2, 0) is 0 Å². The molecule has 0 atom stereocenters. The predicted octanol–water partition coefficient (Wildman–Crippen LogP) is 3.31. The van der Waals surface area contributed by atoms with Gasteiger partial charge < -0.3 is 5.32 Å². The molecule has 0 radical (unpaired) electrons. The zero-order valence-electron chi connectivity index (χ0n) is 10.9. The first-order chi connectivity index (χ1) is 8.33. The molecular weight excluding hydrogens is 230 g/mol. The maximum Gasteiger partial charge on any atom is 0.289 e. The van der Waals surface area contributed by atoms with Crippen molar-refractivity contribution in [1.29, 1.82) is 5.26 Å². The number of benzene rings is 1. The van der Waals surface area contributed by atoms with Crippen molar-refractivity contribution in [2.45, 2.75) is 27.2 Å². The number of nitro benzene ring substituents is 1. The second-order valence-electron chi connectivity index (χ2n) is 5.34. The van der Waals surface area contributed by atoms with E-state index >= 15 is 0 Å². The average molecular weight is 247 g/mol. The van der Waals surface area contributed by atoms with E-state index in [4.69, 9.17) is 5.26 Å². The minimum Gasteiger partial charge on any atom is -0.385 e. The third-order valence-corrected chi connectivity index (χ3v) is 2.52. The summed E-state index contributed by atoms with van der Waals surface area (Å²) in [5.74, 6) is 0. The molecule has 1 aromatic carbocycles. The van der Waals surface area contributed by atoms with E-state index < -0.39 is 4.92 Å². The topological polar surface area (TPSA) is 79.0 Å². The highest BCUT2D eigenvalue weighted by molar-refractivity contribution is 5.59. The zero-order chi connectivity index (χ0) is 13.8. The molecule has 0 amide bonds. The van der Waals surface area contributed by atoms with E-state index in [-0.39, 0.29) is 16.7 Å². The summed E-state index contributed by atoms with van der Waals surface area (Å²) < 4.78 is 0. The molecule has 1 aromatic rings. The van der Waals surface area contributed by atoms with Crippen LogP contribution in [0.2, 0.25) is 0 Å². The van der Waals surface area contributed by atoms with E-state index in [9.17, 15) is 10.1 Å². The Balaban J connectivity index is 2.77. The number of nitrogens with zero attached hydrogens (tertiary/aromatic N) is 2. The number of rotatable bonds is 4. The van der Waals surface area contributed by atoms with Crippen molar-refractivity contribution >= 4 is 11.4 Å². The molecule has 5 nitrogen and oxygen atoms in total. The van der Waals surface area contributed by atoms with Gasteiger partial charge in [-0.15, -0.1) is 0 Å². The third kappa shape index (κ3) is 4.06. The van der Waals surface area contributed by atoms with Gasteiger partial charge in [-0.05, 0) is 24.0 Å². The van der Waals surface area contributed by atoms with Gasteiger partial charge in [0.25, 0.3) is 5.69 Å². The molecule has 5 heteroatoms. The summed E-state index contributed by atoms with van der Waals surface area (Å²) in [6, 6.07) is 6.38. The van der Waals surface area contributed by atoms with Crippen LogP contribution in [0.4, 0.5) is 11.4 Å². The molecular formula is C13H17N3O2. The number of anilines is 1. The molecule has 0 bridgehead atoms. The summed E-state index contributed by atoms with van der Waals surface area (Å²) in [6.45, 7) is 7.15. The zero-order valence-corrected chi connectivity index (χ0v) is 10.9. The van der Waals surface area contributed by atoms with E-state index in [1.807, 2.05) is 6.07 Å². The fraction of sp³-hybridized carbons (Fsp3) is 0.462. The van der Waals surface area contributed by atoms with Gasteiger partial charge in [0, 0.05) is 18.3 Å². The van der Waals surface area contributed by atoms with Crippen LogP contribution in [0.15, 0.2) is 18.2 Å². The number of nitriles is 1. The largest absolute Gasteiger partial charge is 0.385 e. The highest BCUT2D eigenvalue weighted by Gasteiger charge is 2.14. The van der Waals surface area contributed by atoms with Crippen molar-refractivity contribution in [3.05, 3.63) is 33.9 Å². The summed E-state index contributed by atoms with van der Waals surface area (Å²) in [4.78, 5) is 10.3. The second-order valence-corrected chi connectivity index (χ2v) is 5.34. The van der Waals surface area contributed by atoms with Gasteiger partial charge in [-0.3, -0.25) is 10.1 Å². The van der Waals surface area contributed by atoms with E-state index in [1.54, 1.807) is 6.07 Å². The van der Waals surface area contributed by atoms with Crippen molar-refractivity contribution < 1.29 is 4.92 Å². The lowest BCUT2D eigenvalue weighted by atomic mass is 9.92. The lowest BCUT2D eigenvalue weighted by Crippen LogP contribution is -2.12. The summed E-state index contributed by atoms with van der Waals surface area (Å²) in [5, 5.41) is 22.7. The Bertz CT molecular complexity index is 484. The standard InChI is InChI=1S/C13H17N3O2/c1-13(2,3)6-7-15-11-5-4-10(9-14)12(8-11)16(17)18/h4-5,8,15H,6-7H2,1-3H3. The van der Waals surface area contributed by atoms with Gasteiger partial charge >= 0.3 is 0 Å². The molecule has 1 rings (SSSR count). The summed E-state index contributed by atoms with van der Waals surface area (Å²) >= 11 is 0. The van der Waals surface area contributed by atoms with Crippen LogP contribution in [0.5, 0.6) is 0 Å². The van der Waals surface area contributed by atoms with E-state index in [0.29, 0.717) is 5.69 Å². The molecule has 18 heavy (non-hydrogen) atoms. The predicted molar refractivity (Wildman–Crippen MR) is 70.4 cm³/mol. The first-order valence-electron chi connectivity index (χ1n) is 5.76. The van der Waals surface area contributed by atoms with Crippen molar-refractivity contribution in [2.75, 3.05) is 11.9 Å². The Morgan fingerprint density at radius 3 is 2.61 bits per heavy atom. The Labute approximate surface area is 107 Å². The summed E-state index contributed by atoms with van der Waals surface area (Å²) in [7, 11) is 0. The average Bonchev–Trinajstić information content (AvgIpc) is 2.27. The number of hydrogen-bond donors (Lipinski definition) is 1. The van der Waals surface area contributed by atoms with Gasteiger partial charge in [0.05, 0.1) is 4.92 Å². The third-order valence-electron chi connectivity index (χ3n) is 2.52. The molecule has 0 heterocycles. The summed E-state index contributed by atoms with van der Waals surface area (Å²) in [5.41, 5.74) is 0.815. The lowest BCUT2D eigenvalue weighted by molar-refractivity contribution is -0.385. The monoisotopic (exact) mass is 247 g/mol. The van der Waals surface area contributed by atoms with Crippen LogP contribution in [0.3, 0.4) is 0 Å². The maximum absolute atomic E-state index is 10.8. The van der Waals surface area contributed by atoms with E-state index in [0.717, 1.165) is 13.0 Å². The fourth-order valence-electron chi connectivity index (χ4n) is 1.47. The second kappa shape index (κ2) is 5.50. The maximum atomic E-state index is 10.8. The molecule has 0 saturated heterocycles.